The Morgan fingerprint density at radius 3 is 1.87 bits per heavy atom. The van der Waals surface area contributed by atoms with E-state index in [1.54, 1.807) is 6.08 Å². The fourth-order valence-electron chi connectivity index (χ4n) is 3.98. The maximum absolute atomic E-state index is 11.1. The zero-order valence-electron chi connectivity index (χ0n) is 20.8. The van der Waals surface area contributed by atoms with Gasteiger partial charge in [-0.05, 0) is 43.5 Å². The van der Waals surface area contributed by atoms with Crippen molar-refractivity contribution in [1.82, 2.24) is 0 Å². The fourth-order valence-corrected chi connectivity index (χ4v) is 3.98. The Hall–Kier alpha value is -4.66. The number of hydrogen-bond donors (Lipinski definition) is 4. The average Bonchev–Trinajstić information content (AvgIpc) is 2.86. The predicted molar refractivity (Wildman–Crippen MR) is 133 cm³/mol. The molecule has 0 radical (unpaired) electrons. The minimum atomic E-state index is -1.87. The second kappa shape index (κ2) is 14.8. The lowest BCUT2D eigenvalue weighted by molar-refractivity contribution is -0.143. The van der Waals surface area contributed by atoms with Gasteiger partial charge in [-0.2, -0.15) is 4.99 Å². The molecule has 0 bridgehead atoms. The highest BCUT2D eigenvalue weighted by atomic mass is 16.4. The standard InChI is InChI=1S/C10H9NO5.C9H8O4.C7H11NO/c1-6-7(8(13)14)3-2-4-10(6,9(15)16)11-5-12;1-5-6(8(10)11)3-2-4-7(5)9(12)13;9-6-8-7-4-2-1-3-5-7/h2-4,6H,1H3,(H,13,14)(H,15,16);2-4H,1H3,(H,10,11)(H,12,13);7H,1-5H2. The first-order valence-electron chi connectivity index (χ1n) is 11.5. The van der Waals surface area contributed by atoms with Gasteiger partial charge in [0.1, 0.15) is 0 Å². The smallest absolute Gasteiger partial charge is 0.337 e. The van der Waals surface area contributed by atoms with E-state index in [4.69, 9.17) is 20.4 Å². The molecule has 0 aliphatic heterocycles. The number of allylic oxidation sites excluding steroid dienone is 2. The number of nitrogens with zero attached hydrogens (tertiary/aromatic N) is 2. The molecule has 2 unspecified atom stereocenters. The lowest BCUT2D eigenvalue weighted by Crippen LogP contribution is -2.44. The number of isocyanates is 2. The van der Waals surface area contributed by atoms with Crippen LogP contribution < -0.4 is 0 Å². The highest BCUT2D eigenvalue weighted by molar-refractivity contribution is 5.96. The van der Waals surface area contributed by atoms with Gasteiger partial charge in [0, 0.05) is 11.5 Å². The Bertz CT molecular complexity index is 1180. The third-order valence-corrected chi connectivity index (χ3v) is 6.18. The van der Waals surface area contributed by atoms with Gasteiger partial charge in [0.2, 0.25) is 12.2 Å². The molecular weight excluding hydrogens is 500 g/mol. The van der Waals surface area contributed by atoms with Crippen molar-refractivity contribution in [2.24, 2.45) is 15.9 Å². The van der Waals surface area contributed by atoms with Gasteiger partial charge in [-0.1, -0.05) is 44.4 Å². The predicted octanol–water partition coefficient (Wildman–Crippen LogP) is 3.41. The molecule has 1 saturated carbocycles. The monoisotopic (exact) mass is 528 g/mol. The fraction of sp³-hybridized carbons (Fsp3) is 0.385. The van der Waals surface area contributed by atoms with Gasteiger partial charge >= 0.3 is 23.9 Å². The van der Waals surface area contributed by atoms with E-state index < -0.39 is 35.3 Å². The number of carboxylic acids is 4. The maximum atomic E-state index is 11.1. The first kappa shape index (κ1) is 31.4. The molecule has 0 amide bonds. The summed E-state index contributed by atoms with van der Waals surface area (Å²) < 4.78 is 0. The van der Waals surface area contributed by atoms with Crippen LogP contribution in [0.2, 0.25) is 0 Å². The molecule has 0 saturated heterocycles. The van der Waals surface area contributed by atoms with Crippen molar-refractivity contribution in [3.05, 3.63) is 58.7 Å². The number of hydrogen-bond acceptors (Lipinski definition) is 8. The second-order valence-electron chi connectivity index (χ2n) is 8.44. The summed E-state index contributed by atoms with van der Waals surface area (Å²) >= 11 is 0. The molecule has 38 heavy (non-hydrogen) atoms. The van der Waals surface area contributed by atoms with E-state index in [2.05, 4.69) is 9.98 Å². The van der Waals surface area contributed by atoms with Crippen LogP contribution in [0.1, 0.15) is 65.3 Å². The van der Waals surface area contributed by atoms with E-state index >= 15 is 0 Å². The van der Waals surface area contributed by atoms with Crippen molar-refractivity contribution in [2.75, 3.05) is 0 Å². The molecule has 0 spiro atoms. The van der Waals surface area contributed by atoms with Crippen LogP contribution in [0.15, 0.2) is 52.0 Å². The van der Waals surface area contributed by atoms with Gasteiger partial charge in [0.25, 0.3) is 0 Å². The number of carbonyl (C=O) groups is 4. The van der Waals surface area contributed by atoms with Crippen LogP contribution in [0.25, 0.3) is 0 Å². The van der Waals surface area contributed by atoms with Gasteiger partial charge in [-0.25, -0.2) is 33.8 Å². The molecule has 2 atom stereocenters. The molecule has 1 aromatic rings. The molecule has 202 valence electrons. The number of aliphatic imine (C=N–C) groups is 2. The second-order valence-corrected chi connectivity index (χ2v) is 8.44. The number of carbonyl (C=O) groups excluding carboxylic acids is 2. The van der Waals surface area contributed by atoms with E-state index in [9.17, 15) is 28.8 Å². The van der Waals surface area contributed by atoms with Crippen LogP contribution in [0.4, 0.5) is 0 Å². The lowest BCUT2D eigenvalue weighted by Gasteiger charge is -2.29. The minimum Gasteiger partial charge on any atom is -0.479 e. The van der Waals surface area contributed by atoms with Gasteiger partial charge in [0.15, 0.2) is 5.54 Å². The molecule has 12 heteroatoms. The Morgan fingerprint density at radius 1 is 0.895 bits per heavy atom. The molecule has 2 aliphatic rings. The van der Waals surface area contributed by atoms with Gasteiger partial charge in [-0.3, -0.25) is 0 Å². The molecular formula is C26H28N2O10. The Kier molecular flexibility index (Phi) is 12.2. The zero-order chi connectivity index (χ0) is 28.9. The normalized spacial score (nSPS) is 19.9. The van der Waals surface area contributed by atoms with Gasteiger partial charge in [-0.15, -0.1) is 0 Å². The van der Waals surface area contributed by atoms with E-state index in [0.717, 1.165) is 12.8 Å². The van der Waals surface area contributed by atoms with Crippen LogP contribution in [-0.2, 0) is 19.2 Å². The summed E-state index contributed by atoms with van der Waals surface area (Å²) in [5.74, 6) is -5.77. The molecule has 12 nitrogen and oxygen atoms in total. The van der Waals surface area contributed by atoms with Crippen LogP contribution >= 0.6 is 0 Å². The first-order valence-corrected chi connectivity index (χ1v) is 11.5. The number of rotatable bonds is 6. The number of aliphatic carboxylic acids is 2. The van der Waals surface area contributed by atoms with Crippen molar-refractivity contribution in [3.63, 3.8) is 0 Å². The van der Waals surface area contributed by atoms with Crippen molar-refractivity contribution < 1.29 is 49.2 Å². The highest BCUT2D eigenvalue weighted by Crippen LogP contribution is 2.33. The Balaban J connectivity index is 0.000000296. The minimum absolute atomic E-state index is 0.0277. The summed E-state index contributed by atoms with van der Waals surface area (Å²) in [5, 5.41) is 35.3. The number of carboxylic acid groups (broad SMARTS) is 4. The molecule has 0 aromatic heterocycles. The molecule has 2 aliphatic carbocycles. The summed E-state index contributed by atoms with van der Waals surface area (Å²) in [4.78, 5) is 70.1. The van der Waals surface area contributed by atoms with Crippen LogP contribution in [0.3, 0.4) is 0 Å². The largest absolute Gasteiger partial charge is 0.479 e. The first-order chi connectivity index (χ1) is 17.9. The van der Waals surface area contributed by atoms with Crippen LogP contribution in [0.5, 0.6) is 0 Å². The number of aromatic carboxylic acids is 2. The Morgan fingerprint density at radius 2 is 1.45 bits per heavy atom. The van der Waals surface area contributed by atoms with Gasteiger partial charge in [0.05, 0.1) is 17.2 Å². The summed E-state index contributed by atoms with van der Waals surface area (Å²) in [6.45, 7) is 2.87. The van der Waals surface area contributed by atoms with Crippen molar-refractivity contribution in [3.8, 4) is 0 Å². The third-order valence-electron chi connectivity index (χ3n) is 6.18. The topological polar surface area (TPSA) is 208 Å². The highest BCUT2D eigenvalue weighted by Gasteiger charge is 2.46. The zero-order valence-corrected chi connectivity index (χ0v) is 20.8. The van der Waals surface area contributed by atoms with E-state index in [-0.39, 0.29) is 22.3 Å². The summed E-state index contributed by atoms with van der Waals surface area (Å²) in [7, 11) is 0. The molecule has 1 aromatic carbocycles. The number of benzene rings is 1. The molecule has 0 heterocycles. The summed E-state index contributed by atoms with van der Waals surface area (Å²) in [6, 6.07) is 4.48. The van der Waals surface area contributed by atoms with Crippen molar-refractivity contribution in [2.45, 2.75) is 57.5 Å². The van der Waals surface area contributed by atoms with Crippen molar-refractivity contribution in [1.29, 1.82) is 0 Å². The van der Waals surface area contributed by atoms with Crippen LogP contribution in [0, 0.1) is 12.8 Å². The molecule has 4 N–H and O–H groups in total. The van der Waals surface area contributed by atoms with E-state index in [0.29, 0.717) is 6.04 Å². The third kappa shape index (κ3) is 8.19. The quantitative estimate of drug-likeness (QED) is 0.312. The average molecular weight is 529 g/mol. The lowest BCUT2D eigenvalue weighted by atomic mass is 9.77. The van der Waals surface area contributed by atoms with Gasteiger partial charge < -0.3 is 20.4 Å². The van der Waals surface area contributed by atoms with E-state index in [1.165, 1.54) is 75.6 Å². The van der Waals surface area contributed by atoms with E-state index in [1.807, 2.05) is 0 Å². The SMILES string of the molecule is CC1C(C(=O)O)=CC=CC1(N=C=O)C(=O)O.Cc1c(C(=O)O)cccc1C(=O)O.O=C=NC1CCCCC1. The Labute approximate surface area is 217 Å². The molecule has 3 rings (SSSR count). The maximum Gasteiger partial charge on any atom is 0.337 e. The van der Waals surface area contributed by atoms with Crippen molar-refractivity contribution >= 4 is 36.0 Å². The molecule has 1 fully saturated rings. The summed E-state index contributed by atoms with van der Waals surface area (Å²) in [6.07, 6.45) is 12.5. The summed E-state index contributed by atoms with van der Waals surface area (Å²) in [5.41, 5.74) is -1.64. The van der Waals surface area contributed by atoms with Crippen LogP contribution in [-0.4, -0.2) is 68.0 Å².